The van der Waals surface area contributed by atoms with Gasteiger partial charge in [-0.2, -0.15) is 10.4 Å². The molecule has 2 heterocycles. The monoisotopic (exact) mass is 553 g/mol. The number of aromatic nitrogens is 2. The van der Waals surface area contributed by atoms with Crippen molar-refractivity contribution >= 4 is 38.7 Å². The fourth-order valence-electron chi connectivity index (χ4n) is 3.67. The zero-order valence-electron chi connectivity index (χ0n) is 20.0. The molecule has 3 rings (SSSR count). The number of ether oxygens (including phenoxy) is 2. The van der Waals surface area contributed by atoms with Crippen molar-refractivity contribution in [3.63, 3.8) is 0 Å². The summed E-state index contributed by atoms with van der Waals surface area (Å²) in [6.45, 7) is 2.19. The second kappa shape index (κ2) is 10.6. The number of benzene rings is 1. The Balaban J connectivity index is 2.31. The van der Waals surface area contributed by atoms with Crippen LogP contribution in [0.15, 0.2) is 28.4 Å². The molecule has 5 N–H and O–H groups in total. The number of nitrogens with zero attached hydrogens (tertiary/aromatic N) is 3. The first kappa shape index (κ1) is 24.9. The van der Waals surface area contributed by atoms with E-state index in [2.05, 4.69) is 21.0 Å². The van der Waals surface area contributed by atoms with Gasteiger partial charge in [-0.1, -0.05) is 13.8 Å². The Bertz CT molecular complexity index is 1240. The number of amides is 1. The van der Waals surface area contributed by atoms with Crippen LogP contribution in [0.5, 0.6) is 5.75 Å². The molecule has 35 heavy (non-hydrogen) atoms. The third-order valence-electron chi connectivity index (χ3n) is 5.53. The molecule has 0 fully saturated rings. The summed E-state index contributed by atoms with van der Waals surface area (Å²) in [6.07, 6.45) is -4.27. The highest BCUT2D eigenvalue weighted by Crippen LogP contribution is 2.36. The molecule has 2 aromatic rings. The number of hydrogen-bond donors (Lipinski definition) is 5. The molecule has 0 saturated heterocycles. The lowest BCUT2D eigenvalue weighted by molar-refractivity contribution is -0.147. The molecule has 0 unspecified atom stereocenters. The predicted octanol–water partition coefficient (Wildman–Crippen LogP) is 0.442. The Labute approximate surface area is 209 Å². The largest absolute Gasteiger partial charge is 0.495 e. The van der Waals surface area contributed by atoms with Gasteiger partial charge >= 0.3 is 5.97 Å². The molecule has 0 spiro atoms. The fraction of sp³-hybridized carbons (Fsp3) is 0.455. The van der Waals surface area contributed by atoms with E-state index in [0.717, 1.165) is 10.8 Å². The van der Waals surface area contributed by atoms with Gasteiger partial charge in [0.2, 0.25) is 11.7 Å². The van der Waals surface area contributed by atoms with Gasteiger partial charge in [-0.25, -0.2) is 9.48 Å². The lowest BCUT2D eigenvalue weighted by Crippen LogP contribution is -2.59. The van der Waals surface area contributed by atoms with Crippen LogP contribution in [0.1, 0.15) is 25.6 Å². The lowest BCUT2D eigenvalue weighted by atomic mass is 9.91. The third-order valence-corrected chi connectivity index (χ3v) is 6.15. The summed E-state index contributed by atoms with van der Waals surface area (Å²) < 4.78 is 20.9. The standard InChI is InChI=1S/C22H25BrN4O8/c1-9(2)21(31)25-18-13(6-17(22(32)33)35-20(18)19(30)15(29)8-28)27-14(7-24)10-4-11(23)16(34-3)5-12(10)26-27/h4-6,9,13,15,18-20,28-30H,8H2,1-3H3,(H,25,31)(H,32,33)/t13-,15+,18+,19+,20+/m0/s1/i/hD. The number of hydrogen-bond acceptors (Lipinski definition) is 9. The maximum Gasteiger partial charge on any atom is 0.370 e. The second-order valence-corrected chi connectivity index (χ2v) is 9.03. The number of carboxylic acid groups (broad SMARTS) is 1. The highest BCUT2D eigenvalue weighted by atomic mass is 79.9. The molecule has 1 aliphatic heterocycles. The second-order valence-electron chi connectivity index (χ2n) is 8.17. The van der Waals surface area contributed by atoms with Gasteiger partial charge < -0.3 is 35.2 Å². The molecule has 1 aromatic carbocycles. The minimum absolute atomic E-state index is 0.0208. The van der Waals surface area contributed by atoms with Crippen LogP contribution in [0.25, 0.3) is 10.9 Å². The number of rotatable bonds is 8. The van der Waals surface area contributed by atoms with Crippen molar-refractivity contribution in [1.29, 1.82) is 5.26 Å². The highest BCUT2D eigenvalue weighted by Gasteiger charge is 2.45. The summed E-state index contributed by atoms with van der Waals surface area (Å²) in [7, 11) is 1.44. The summed E-state index contributed by atoms with van der Waals surface area (Å²) in [6, 6.07) is 2.41. The zero-order valence-corrected chi connectivity index (χ0v) is 20.6. The van der Waals surface area contributed by atoms with Gasteiger partial charge in [-0.3, -0.25) is 4.79 Å². The molecule has 1 amide bonds. The number of methoxy groups -OCH3 is 1. The molecule has 0 bridgehead atoms. The minimum Gasteiger partial charge on any atom is -0.495 e. The molecule has 12 nitrogen and oxygen atoms in total. The SMILES string of the molecule is [2H]N(C(=O)C(C)C)[C@H]1[C@H]([C@H](O)[C@H](O)CO)OC(C(=O)O)=C[C@@H]1n1nc2cc(OC)c(Br)cc2c1C#N. The summed E-state index contributed by atoms with van der Waals surface area (Å²) in [5, 5.41) is 55.2. The Morgan fingerprint density at radius 2 is 2.11 bits per heavy atom. The van der Waals surface area contributed by atoms with Crippen LogP contribution in [0.3, 0.4) is 0 Å². The van der Waals surface area contributed by atoms with Crippen molar-refractivity contribution < 1.29 is 40.9 Å². The maximum absolute atomic E-state index is 12.8. The number of carbonyl (C=O) groups is 2. The van der Waals surface area contributed by atoms with E-state index >= 15 is 0 Å². The van der Waals surface area contributed by atoms with Crippen molar-refractivity contribution in [2.24, 2.45) is 5.92 Å². The number of carboxylic acids is 1. The number of nitriles is 1. The van der Waals surface area contributed by atoms with E-state index in [0.29, 0.717) is 26.4 Å². The zero-order chi connectivity index (χ0) is 26.9. The van der Waals surface area contributed by atoms with E-state index in [1.807, 2.05) is 6.07 Å². The first-order valence-corrected chi connectivity index (χ1v) is 11.3. The van der Waals surface area contributed by atoms with E-state index in [-0.39, 0.29) is 5.69 Å². The van der Waals surface area contributed by atoms with Gasteiger partial charge in [0.1, 0.15) is 35.8 Å². The number of aliphatic carboxylic acids is 1. The van der Waals surface area contributed by atoms with Crippen molar-refractivity contribution in [3.8, 4) is 11.8 Å². The van der Waals surface area contributed by atoms with Crippen LogP contribution in [0.4, 0.5) is 0 Å². The van der Waals surface area contributed by atoms with Gasteiger partial charge in [-0.05, 0) is 28.1 Å². The van der Waals surface area contributed by atoms with E-state index in [1.54, 1.807) is 26.0 Å². The number of halogens is 1. The predicted molar refractivity (Wildman–Crippen MR) is 124 cm³/mol. The van der Waals surface area contributed by atoms with Crippen LogP contribution in [0.2, 0.25) is 1.41 Å². The number of aliphatic hydroxyl groups excluding tert-OH is 3. The van der Waals surface area contributed by atoms with Gasteiger partial charge in [0.25, 0.3) is 0 Å². The molecular weight excluding hydrogens is 528 g/mol. The molecule has 5 atom stereocenters. The van der Waals surface area contributed by atoms with E-state index in [9.17, 15) is 35.3 Å². The smallest absolute Gasteiger partial charge is 0.370 e. The van der Waals surface area contributed by atoms with Crippen LogP contribution in [-0.4, -0.2) is 80.2 Å². The van der Waals surface area contributed by atoms with E-state index in [1.165, 1.54) is 7.11 Å². The summed E-state index contributed by atoms with van der Waals surface area (Å²) in [5.74, 6) is -3.13. The fourth-order valence-corrected chi connectivity index (χ4v) is 4.18. The molecule has 1 aromatic heterocycles. The van der Waals surface area contributed by atoms with Crippen molar-refractivity contribution in [3.05, 3.63) is 34.1 Å². The van der Waals surface area contributed by atoms with Crippen molar-refractivity contribution in [2.75, 3.05) is 13.7 Å². The van der Waals surface area contributed by atoms with E-state index < -0.39 is 60.6 Å². The van der Waals surface area contributed by atoms with Gasteiger partial charge in [-0.15, -0.1) is 0 Å². The minimum atomic E-state index is -1.90. The van der Waals surface area contributed by atoms with Crippen molar-refractivity contribution in [2.45, 2.75) is 44.2 Å². The number of aliphatic hydroxyl groups is 3. The quantitative estimate of drug-likeness (QED) is 0.307. The van der Waals surface area contributed by atoms with E-state index in [4.69, 9.17) is 10.9 Å². The molecular formula is C22H25BrN4O8. The Morgan fingerprint density at radius 1 is 1.43 bits per heavy atom. The number of carbonyl (C=O) groups excluding carboxylic acids is 1. The molecule has 188 valence electrons. The summed E-state index contributed by atoms with van der Waals surface area (Å²) in [5.41, 5.74) is 0.286. The van der Waals surface area contributed by atoms with Crippen LogP contribution >= 0.6 is 15.9 Å². The van der Waals surface area contributed by atoms with Crippen LogP contribution in [0, 0.1) is 17.2 Å². The molecule has 1 aliphatic rings. The van der Waals surface area contributed by atoms with Crippen LogP contribution in [-0.2, 0) is 14.3 Å². The normalized spacial score (nSPS) is 22.0. The first-order chi connectivity index (χ1) is 17.0. The Hall–Kier alpha value is -3.18. The molecule has 0 saturated carbocycles. The Morgan fingerprint density at radius 3 is 2.66 bits per heavy atom. The summed E-state index contributed by atoms with van der Waals surface area (Å²) >= 11 is 3.35. The topological polar surface area (TPSA) is 187 Å². The lowest BCUT2D eigenvalue weighted by Gasteiger charge is -2.40. The van der Waals surface area contributed by atoms with Crippen LogP contribution < -0.4 is 10.0 Å². The van der Waals surface area contributed by atoms with Crippen molar-refractivity contribution in [1.82, 2.24) is 15.1 Å². The maximum atomic E-state index is 12.8. The molecule has 0 radical (unpaired) electrons. The number of fused-ring (bicyclic) bond motifs is 1. The molecule has 0 aliphatic carbocycles. The average Bonchev–Trinajstić information content (AvgIpc) is 3.22. The summed E-state index contributed by atoms with van der Waals surface area (Å²) in [4.78, 5) is 24.7. The Kier molecular flexibility index (Phi) is 7.56. The van der Waals surface area contributed by atoms with Gasteiger partial charge in [0.05, 0.1) is 35.8 Å². The first-order valence-electron chi connectivity index (χ1n) is 11.0. The average molecular weight is 554 g/mol. The molecule has 13 heteroatoms. The van der Waals surface area contributed by atoms with Gasteiger partial charge in [0, 0.05) is 17.4 Å². The van der Waals surface area contributed by atoms with Gasteiger partial charge in [0.15, 0.2) is 1.41 Å². The highest BCUT2D eigenvalue weighted by molar-refractivity contribution is 9.10. The number of nitrogens with one attached hydrogen (secondary N) is 1. The third kappa shape index (κ3) is 5.10.